The number of methoxy groups -OCH3 is 1. The molecule has 6 nitrogen and oxygen atoms in total. The van der Waals surface area contributed by atoms with Gasteiger partial charge in [-0.25, -0.2) is 4.68 Å². The van der Waals surface area contributed by atoms with Gasteiger partial charge in [-0.15, -0.1) is 5.10 Å². The maximum absolute atomic E-state index is 12.3. The number of Topliss-reactive ketones (excluding diaryl/α,β-unsaturated/α-hetero) is 2. The second-order valence-electron chi connectivity index (χ2n) is 5.17. The van der Waals surface area contributed by atoms with Gasteiger partial charge in [0.1, 0.15) is 5.75 Å². The summed E-state index contributed by atoms with van der Waals surface area (Å²) < 4.78 is 6.56. The van der Waals surface area contributed by atoms with Crippen LogP contribution in [0.5, 0.6) is 5.75 Å². The molecule has 0 saturated carbocycles. The zero-order chi connectivity index (χ0) is 16.9. The molecule has 24 heavy (non-hydrogen) atoms. The predicted octanol–water partition coefficient (Wildman–Crippen LogP) is 2.40. The molecule has 0 fully saturated rings. The maximum Gasteiger partial charge on any atom is 0.255 e. The predicted molar refractivity (Wildman–Crippen MR) is 87.2 cm³/mol. The second-order valence-corrected chi connectivity index (χ2v) is 5.17. The molecule has 0 radical (unpaired) electrons. The van der Waals surface area contributed by atoms with E-state index in [0.717, 1.165) is 5.56 Å². The summed E-state index contributed by atoms with van der Waals surface area (Å²) in [6.07, 6.45) is 1.48. The van der Waals surface area contributed by atoms with Crippen LogP contribution in [0.4, 0.5) is 0 Å². The molecule has 0 spiro atoms. The first-order valence-electron chi connectivity index (χ1n) is 7.34. The number of aromatic nitrogens is 3. The fraction of sp³-hybridized carbons (Fsp3) is 0.111. The van der Waals surface area contributed by atoms with Gasteiger partial charge in [0.05, 0.1) is 19.9 Å². The van der Waals surface area contributed by atoms with Gasteiger partial charge in [0, 0.05) is 5.56 Å². The summed E-state index contributed by atoms with van der Waals surface area (Å²) >= 11 is 0. The molecule has 0 saturated heterocycles. The van der Waals surface area contributed by atoms with Crippen molar-refractivity contribution in [3.63, 3.8) is 0 Å². The molecule has 0 unspecified atom stereocenters. The number of hydrogen-bond donors (Lipinski definition) is 0. The minimum absolute atomic E-state index is 0.0340. The number of nitrogens with zero attached hydrogens (tertiary/aromatic N) is 3. The Hall–Kier alpha value is -3.28. The number of benzene rings is 2. The molecule has 120 valence electrons. The third kappa shape index (κ3) is 3.38. The first-order valence-corrected chi connectivity index (χ1v) is 7.34. The van der Waals surface area contributed by atoms with Crippen molar-refractivity contribution >= 4 is 11.6 Å². The van der Waals surface area contributed by atoms with Crippen LogP contribution < -0.4 is 4.74 Å². The average Bonchev–Trinajstić information content (AvgIpc) is 3.10. The molecule has 0 aliphatic rings. The number of carbonyl (C=O) groups is 2. The van der Waals surface area contributed by atoms with E-state index in [1.807, 2.05) is 30.3 Å². The third-order valence-electron chi connectivity index (χ3n) is 3.52. The highest BCUT2D eigenvalue weighted by atomic mass is 16.5. The van der Waals surface area contributed by atoms with Gasteiger partial charge < -0.3 is 4.74 Å². The van der Waals surface area contributed by atoms with Crippen LogP contribution in [-0.4, -0.2) is 33.7 Å². The smallest absolute Gasteiger partial charge is 0.255 e. The van der Waals surface area contributed by atoms with Crippen molar-refractivity contribution in [2.24, 2.45) is 0 Å². The number of rotatable bonds is 6. The minimum Gasteiger partial charge on any atom is -0.497 e. The molecule has 1 heterocycles. The van der Waals surface area contributed by atoms with Crippen LogP contribution in [0.3, 0.4) is 0 Å². The zero-order valence-electron chi connectivity index (χ0n) is 13.0. The fourth-order valence-electron chi connectivity index (χ4n) is 2.24. The van der Waals surface area contributed by atoms with Crippen LogP contribution in [0.2, 0.25) is 0 Å². The van der Waals surface area contributed by atoms with Crippen molar-refractivity contribution in [1.29, 1.82) is 0 Å². The van der Waals surface area contributed by atoms with Gasteiger partial charge in [-0.3, -0.25) is 9.59 Å². The maximum atomic E-state index is 12.3. The fourth-order valence-corrected chi connectivity index (χ4v) is 2.24. The van der Waals surface area contributed by atoms with E-state index in [-0.39, 0.29) is 5.69 Å². The SMILES string of the molecule is COc1ccc(C(=O)C(=O)c2cn(Cc3ccccc3)nn2)cc1. The second kappa shape index (κ2) is 6.87. The Morgan fingerprint density at radius 3 is 2.38 bits per heavy atom. The molecule has 1 aromatic heterocycles. The molecule has 0 aliphatic carbocycles. The van der Waals surface area contributed by atoms with Crippen LogP contribution >= 0.6 is 0 Å². The van der Waals surface area contributed by atoms with Gasteiger partial charge in [-0.2, -0.15) is 0 Å². The topological polar surface area (TPSA) is 74.1 Å². The highest BCUT2D eigenvalue weighted by Crippen LogP contribution is 2.13. The van der Waals surface area contributed by atoms with Crippen molar-refractivity contribution in [3.05, 3.63) is 77.6 Å². The molecule has 0 amide bonds. The molecular formula is C18H15N3O3. The summed E-state index contributed by atoms with van der Waals surface area (Å²) in [7, 11) is 1.53. The van der Waals surface area contributed by atoms with Crippen molar-refractivity contribution in [2.45, 2.75) is 6.54 Å². The Morgan fingerprint density at radius 1 is 1.00 bits per heavy atom. The molecule has 3 aromatic rings. The Kier molecular flexibility index (Phi) is 4.47. The molecule has 0 atom stereocenters. The quantitative estimate of drug-likeness (QED) is 0.515. The van der Waals surface area contributed by atoms with Crippen LogP contribution in [0, 0.1) is 0 Å². The van der Waals surface area contributed by atoms with Gasteiger partial charge in [-0.1, -0.05) is 35.5 Å². The van der Waals surface area contributed by atoms with Crippen molar-refractivity contribution in [1.82, 2.24) is 15.0 Å². The Labute approximate surface area is 138 Å². The number of carbonyl (C=O) groups excluding carboxylic acids is 2. The molecule has 0 bridgehead atoms. The van der Waals surface area contributed by atoms with Crippen LogP contribution in [0.15, 0.2) is 60.8 Å². The summed E-state index contributed by atoms with van der Waals surface area (Å²) in [5.41, 5.74) is 1.35. The molecule has 2 aromatic carbocycles. The van der Waals surface area contributed by atoms with E-state index in [9.17, 15) is 9.59 Å². The highest BCUT2D eigenvalue weighted by molar-refractivity contribution is 6.48. The van der Waals surface area contributed by atoms with E-state index in [0.29, 0.717) is 17.9 Å². The Bertz CT molecular complexity index is 855. The zero-order valence-corrected chi connectivity index (χ0v) is 13.0. The molecular weight excluding hydrogens is 306 g/mol. The van der Waals surface area contributed by atoms with E-state index in [1.165, 1.54) is 18.0 Å². The van der Waals surface area contributed by atoms with E-state index in [1.54, 1.807) is 24.3 Å². The van der Waals surface area contributed by atoms with Crippen LogP contribution in [0.25, 0.3) is 0 Å². The first-order chi connectivity index (χ1) is 11.7. The first kappa shape index (κ1) is 15.6. The van der Waals surface area contributed by atoms with E-state index in [4.69, 9.17) is 4.74 Å². The Balaban J connectivity index is 1.74. The highest BCUT2D eigenvalue weighted by Gasteiger charge is 2.21. The average molecular weight is 321 g/mol. The van der Waals surface area contributed by atoms with Crippen molar-refractivity contribution in [2.75, 3.05) is 7.11 Å². The minimum atomic E-state index is -0.681. The third-order valence-corrected chi connectivity index (χ3v) is 3.52. The Morgan fingerprint density at radius 2 is 1.71 bits per heavy atom. The summed E-state index contributed by atoms with van der Waals surface area (Å²) in [4.78, 5) is 24.5. The summed E-state index contributed by atoms with van der Waals surface area (Å²) in [6, 6.07) is 16.0. The van der Waals surface area contributed by atoms with Gasteiger partial charge >= 0.3 is 0 Å². The summed E-state index contributed by atoms with van der Waals surface area (Å²) in [6.45, 7) is 0.484. The standard InChI is InChI=1S/C18H15N3O3/c1-24-15-9-7-14(8-10-15)17(22)18(23)16-12-21(20-19-16)11-13-5-3-2-4-6-13/h2-10,12H,11H2,1H3. The lowest BCUT2D eigenvalue weighted by Crippen LogP contribution is -2.15. The van der Waals surface area contributed by atoms with E-state index < -0.39 is 11.6 Å². The van der Waals surface area contributed by atoms with Gasteiger partial charge in [-0.05, 0) is 29.8 Å². The largest absolute Gasteiger partial charge is 0.497 e. The van der Waals surface area contributed by atoms with E-state index in [2.05, 4.69) is 10.3 Å². The lowest BCUT2D eigenvalue weighted by molar-refractivity contribution is 0.0814. The number of ether oxygens (including phenoxy) is 1. The lowest BCUT2D eigenvalue weighted by atomic mass is 10.1. The monoisotopic (exact) mass is 321 g/mol. The van der Waals surface area contributed by atoms with Crippen LogP contribution in [-0.2, 0) is 6.54 Å². The summed E-state index contributed by atoms with van der Waals surface area (Å²) in [5, 5.41) is 7.72. The van der Waals surface area contributed by atoms with Gasteiger partial charge in [0.15, 0.2) is 5.69 Å². The lowest BCUT2D eigenvalue weighted by Gasteiger charge is -2.01. The van der Waals surface area contributed by atoms with Gasteiger partial charge in [0.2, 0.25) is 5.78 Å². The van der Waals surface area contributed by atoms with E-state index >= 15 is 0 Å². The van der Waals surface area contributed by atoms with Gasteiger partial charge in [0.25, 0.3) is 5.78 Å². The van der Waals surface area contributed by atoms with Crippen molar-refractivity contribution < 1.29 is 14.3 Å². The van der Waals surface area contributed by atoms with Crippen molar-refractivity contribution in [3.8, 4) is 5.75 Å². The molecule has 6 heteroatoms. The summed E-state index contributed by atoms with van der Waals surface area (Å²) in [5.74, 6) is -0.684. The normalized spacial score (nSPS) is 10.4. The molecule has 3 rings (SSSR count). The number of ketones is 2. The number of hydrogen-bond acceptors (Lipinski definition) is 5. The molecule has 0 aliphatic heterocycles. The van der Waals surface area contributed by atoms with Crippen LogP contribution in [0.1, 0.15) is 26.4 Å². The molecule has 0 N–H and O–H groups in total.